The second-order valence-electron chi connectivity index (χ2n) is 8.74. The Labute approximate surface area is 186 Å². The van der Waals surface area contributed by atoms with Gasteiger partial charge in [0.15, 0.2) is 0 Å². The van der Waals surface area contributed by atoms with Crippen LogP contribution in [0.5, 0.6) is 0 Å². The number of nitrogens with one attached hydrogen (secondary N) is 1. The molecule has 0 saturated heterocycles. The minimum Gasteiger partial charge on any atom is -0.457 e. The number of hydrogen-bond acceptors (Lipinski definition) is 8. The monoisotopic (exact) mass is 451 g/mol. The Bertz CT molecular complexity index is 974. The molecule has 2 rings (SSSR count). The summed E-state index contributed by atoms with van der Waals surface area (Å²) >= 11 is 1.14. The summed E-state index contributed by atoms with van der Waals surface area (Å²) in [5, 5.41) is 10.8. The summed E-state index contributed by atoms with van der Waals surface area (Å²) in [6.07, 6.45) is 0.817. The molecule has 0 aliphatic carbocycles. The summed E-state index contributed by atoms with van der Waals surface area (Å²) in [7, 11) is 0. The number of fused-ring (bicyclic) bond motifs is 1. The van der Waals surface area contributed by atoms with Gasteiger partial charge in [-0.3, -0.25) is 9.69 Å². The molecule has 0 spiro atoms. The molecule has 1 atom stereocenters. The highest BCUT2D eigenvalue weighted by Gasteiger charge is 2.22. The van der Waals surface area contributed by atoms with Crippen molar-refractivity contribution in [2.24, 2.45) is 0 Å². The lowest BCUT2D eigenvalue weighted by molar-refractivity contribution is -0.0588. The molecule has 172 valence electrons. The van der Waals surface area contributed by atoms with Crippen LogP contribution in [0.3, 0.4) is 0 Å². The number of hydrogen-bond donors (Lipinski definition) is 2. The third kappa shape index (κ3) is 6.96. The van der Waals surface area contributed by atoms with E-state index in [1.54, 1.807) is 6.92 Å². The minimum atomic E-state index is -0.674. The number of aliphatic hydroxyl groups is 1. The van der Waals surface area contributed by atoms with Crippen molar-refractivity contribution >= 4 is 27.5 Å². The highest BCUT2D eigenvalue weighted by atomic mass is 32.1. The molecule has 0 fully saturated rings. The number of aromatic amines is 1. The fraction of sp³-hybridized carbons (Fsp3) is 0.591. The zero-order valence-electron chi connectivity index (χ0n) is 19.2. The van der Waals surface area contributed by atoms with Gasteiger partial charge in [-0.1, -0.05) is 12.7 Å². The number of esters is 1. The van der Waals surface area contributed by atoms with Crippen LogP contribution in [0.15, 0.2) is 17.4 Å². The fourth-order valence-corrected chi connectivity index (χ4v) is 4.07. The molecule has 0 bridgehead atoms. The third-order valence-corrected chi connectivity index (χ3v) is 5.77. The van der Waals surface area contributed by atoms with Crippen LogP contribution in [0.1, 0.15) is 55.7 Å². The summed E-state index contributed by atoms with van der Waals surface area (Å²) in [5.74, 6) is -0.0190. The van der Waals surface area contributed by atoms with Gasteiger partial charge in [0.2, 0.25) is 0 Å². The topological polar surface area (TPSA) is 105 Å². The molecule has 2 heterocycles. The van der Waals surface area contributed by atoms with E-state index >= 15 is 0 Å². The minimum absolute atomic E-state index is 0.103. The van der Waals surface area contributed by atoms with E-state index < -0.39 is 12.1 Å². The van der Waals surface area contributed by atoms with E-state index in [9.17, 15) is 14.7 Å². The molecule has 1 unspecified atom stereocenters. The van der Waals surface area contributed by atoms with Crippen molar-refractivity contribution in [2.75, 3.05) is 19.8 Å². The number of carbonyl (C=O) groups is 1. The number of nitrogens with zero attached hydrogens (tertiary/aromatic N) is 2. The number of thiophene rings is 1. The van der Waals surface area contributed by atoms with Crippen LogP contribution < -0.4 is 5.56 Å². The van der Waals surface area contributed by atoms with E-state index in [0.29, 0.717) is 39.6 Å². The second-order valence-corrected chi connectivity index (χ2v) is 9.74. The average molecular weight is 452 g/mol. The maximum absolute atomic E-state index is 12.7. The Hall–Kier alpha value is -2.07. The van der Waals surface area contributed by atoms with E-state index in [-0.39, 0.29) is 30.4 Å². The Morgan fingerprint density at radius 2 is 2.06 bits per heavy atom. The predicted octanol–water partition coefficient (Wildman–Crippen LogP) is 3.02. The van der Waals surface area contributed by atoms with Crippen LogP contribution in [-0.4, -0.2) is 63.4 Å². The number of aliphatic hydroxyl groups excluding tert-OH is 1. The summed E-state index contributed by atoms with van der Waals surface area (Å²) in [4.78, 5) is 35.2. The van der Waals surface area contributed by atoms with Gasteiger partial charge in [-0.15, -0.1) is 11.3 Å². The molecule has 2 aromatic rings. The first kappa shape index (κ1) is 25.2. The molecule has 0 aliphatic heterocycles. The molecule has 31 heavy (non-hydrogen) atoms. The zero-order valence-corrected chi connectivity index (χ0v) is 20.0. The number of ether oxygens (including phenoxy) is 2. The van der Waals surface area contributed by atoms with Gasteiger partial charge in [0.25, 0.3) is 5.56 Å². The first-order valence-electron chi connectivity index (χ1n) is 10.3. The fourth-order valence-electron chi connectivity index (χ4n) is 2.98. The smallest absolute Gasteiger partial charge is 0.348 e. The van der Waals surface area contributed by atoms with Gasteiger partial charge in [-0.05, 0) is 47.1 Å². The van der Waals surface area contributed by atoms with Gasteiger partial charge in [-0.25, -0.2) is 9.78 Å². The normalized spacial score (nSPS) is 13.2. The molecule has 9 heteroatoms. The van der Waals surface area contributed by atoms with Crippen LogP contribution in [0.4, 0.5) is 0 Å². The molecule has 0 saturated carbocycles. The molecule has 0 aromatic carbocycles. The van der Waals surface area contributed by atoms with Crippen LogP contribution >= 0.6 is 11.3 Å². The van der Waals surface area contributed by atoms with Crippen molar-refractivity contribution in [3.63, 3.8) is 0 Å². The van der Waals surface area contributed by atoms with Crippen molar-refractivity contribution in [2.45, 2.75) is 65.8 Å². The standard InChI is InChI=1S/C22H33N3O5S/c1-8-9-29-21(28)18-14(4)17-19(27)23-16(24-20(17)31-18)11-25(13(2)3)10-15(26)12-30-22(5,6)7/h8,13,15,26H,1,9-12H2,2-7H3,(H,23,24,27). The van der Waals surface area contributed by atoms with E-state index in [1.807, 2.05) is 39.5 Å². The first-order valence-corrected chi connectivity index (χ1v) is 11.1. The maximum Gasteiger partial charge on any atom is 0.348 e. The number of aromatic nitrogens is 2. The summed E-state index contributed by atoms with van der Waals surface area (Å²) in [6.45, 7) is 16.1. The lowest BCUT2D eigenvalue weighted by Crippen LogP contribution is -2.40. The van der Waals surface area contributed by atoms with E-state index in [2.05, 4.69) is 16.5 Å². The zero-order chi connectivity index (χ0) is 23.3. The molecular weight excluding hydrogens is 418 g/mol. The Morgan fingerprint density at radius 1 is 1.39 bits per heavy atom. The van der Waals surface area contributed by atoms with Gasteiger partial charge in [0, 0.05) is 12.6 Å². The van der Waals surface area contributed by atoms with Crippen molar-refractivity contribution in [1.82, 2.24) is 14.9 Å². The molecule has 2 aromatic heterocycles. The lowest BCUT2D eigenvalue weighted by atomic mass is 10.2. The van der Waals surface area contributed by atoms with Gasteiger partial charge < -0.3 is 19.6 Å². The van der Waals surface area contributed by atoms with Crippen LogP contribution in [0.25, 0.3) is 10.2 Å². The molecule has 8 nitrogen and oxygen atoms in total. The third-order valence-electron chi connectivity index (χ3n) is 4.60. The summed E-state index contributed by atoms with van der Waals surface area (Å²) in [6, 6.07) is 0.111. The largest absolute Gasteiger partial charge is 0.457 e. The molecular formula is C22H33N3O5S. The average Bonchev–Trinajstić information content (AvgIpc) is 3.00. The van der Waals surface area contributed by atoms with Crippen molar-refractivity contribution in [3.05, 3.63) is 39.3 Å². The quantitative estimate of drug-likeness (QED) is 0.423. The summed E-state index contributed by atoms with van der Waals surface area (Å²) in [5.41, 5.74) is -0.0649. The highest BCUT2D eigenvalue weighted by molar-refractivity contribution is 7.20. The van der Waals surface area contributed by atoms with Crippen molar-refractivity contribution in [3.8, 4) is 0 Å². The molecule has 0 amide bonds. The molecule has 0 radical (unpaired) electrons. The number of H-pyrrole nitrogens is 1. The Kier molecular flexibility index (Phi) is 8.53. The van der Waals surface area contributed by atoms with Gasteiger partial charge in [-0.2, -0.15) is 0 Å². The van der Waals surface area contributed by atoms with Crippen molar-refractivity contribution in [1.29, 1.82) is 0 Å². The maximum atomic E-state index is 12.7. The lowest BCUT2D eigenvalue weighted by Gasteiger charge is -2.29. The predicted molar refractivity (Wildman–Crippen MR) is 123 cm³/mol. The van der Waals surface area contributed by atoms with E-state index in [1.165, 1.54) is 6.08 Å². The highest BCUT2D eigenvalue weighted by Crippen LogP contribution is 2.27. The molecule has 2 N–H and O–H groups in total. The van der Waals surface area contributed by atoms with Crippen molar-refractivity contribution < 1.29 is 19.4 Å². The number of rotatable bonds is 10. The Morgan fingerprint density at radius 3 is 2.65 bits per heavy atom. The molecule has 0 aliphatic rings. The van der Waals surface area contributed by atoms with E-state index in [4.69, 9.17) is 9.47 Å². The van der Waals surface area contributed by atoms with Gasteiger partial charge >= 0.3 is 5.97 Å². The van der Waals surface area contributed by atoms with Crippen LogP contribution in [0, 0.1) is 6.92 Å². The number of aryl methyl sites for hydroxylation is 1. The number of carbonyl (C=O) groups excluding carboxylic acids is 1. The van der Waals surface area contributed by atoms with Gasteiger partial charge in [0.1, 0.15) is 22.1 Å². The Balaban J connectivity index is 2.23. The summed E-state index contributed by atoms with van der Waals surface area (Å²) < 4.78 is 10.8. The SMILES string of the molecule is C=CCOC(=O)c1sc2nc(CN(CC(O)COC(C)(C)C)C(C)C)[nH]c(=O)c2c1C. The second kappa shape index (κ2) is 10.5. The first-order chi connectivity index (χ1) is 14.4. The van der Waals surface area contributed by atoms with Crippen LogP contribution in [0.2, 0.25) is 0 Å². The van der Waals surface area contributed by atoms with Gasteiger partial charge in [0.05, 0.1) is 30.2 Å². The van der Waals surface area contributed by atoms with E-state index in [0.717, 1.165) is 11.3 Å². The van der Waals surface area contributed by atoms with Crippen LogP contribution in [-0.2, 0) is 16.0 Å².